The Morgan fingerprint density at radius 2 is 2.00 bits per heavy atom. The van der Waals surface area contributed by atoms with E-state index in [1.54, 1.807) is 7.11 Å². The van der Waals surface area contributed by atoms with Crippen molar-refractivity contribution in [1.29, 1.82) is 0 Å². The Morgan fingerprint density at radius 3 is 2.64 bits per heavy atom. The first kappa shape index (κ1) is 9.53. The topological polar surface area (TPSA) is 29.5 Å². The standard InChI is InChI=1S/C12H16O2/c1-7-8(2)12(13)9-5-4-6-10(14-3)11(7)9/h4-8,12-13H,1-3H3. The Bertz CT molecular complexity index is 346. The maximum Gasteiger partial charge on any atom is 0.122 e. The zero-order valence-corrected chi connectivity index (χ0v) is 8.82. The van der Waals surface area contributed by atoms with Crippen LogP contribution in [0.5, 0.6) is 5.75 Å². The first-order valence-electron chi connectivity index (χ1n) is 5.01. The molecule has 1 aromatic carbocycles. The van der Waals surface area contributed by atoms with Crippen LogP contribution in [0.1, 0.15) is 37.0 Å². The second-order valence-corrected chi connectivity index (χ2v) is 4.06. The number of rotatable bonds is 1. The molecule has 1 aliphatic carbocycles. The predicted molar refractivity (Wildman–Crippen MR) is 55.5 cm³/mol. The first-order chi connectivity index (χ1) is 6.66. The molecule has 0 saturated heterocycles. The van der Waals surface area contributed by atoms with Gasteiger partial charge in [0.25, 0.3) is 0 Å². The Kier molecular flexibility index (Phi) is 2.23. The third kappa shape index (κ3) is 1.14. The summed E-state index contributed by atoms with van der Waals surface area (Å²) in [4.78, 5) is 0. The van der Waals surface area contributed by atoms with Crippen LogP contribution in [0.4, 0.5) is 0 Å². The van der Waals surface area contributed by atoms with E-state index in [1.165, 1.54) is 5.56 Å². The monoisotopic (exact) mass is 192 g/mol. The summed E-state index contributed by atoms with van der Waals surface area (Å²) < 4.78 is 5.31. The summed E-state index contributed by atoms with van der Waals surface area (Å²) in [5.74, 6) is 1.55. The number of aliphatic hydroxyl groups is 1. The summed E-state index contributed by atoms with van der Waals surface area (Å²) >= 11 is 0. The van der Waals surface area contributed by atoms with Gasteiger partial charge in [-0.2, -0.15) is 0 Å². The highest BCUT2D eigenvalue weighted by atomic mass is 16.5. The largest absolute Gasteiger partial charge is 0.496 e. The van der Waals surface area contributed by atoms with Crippen LogP contribution in [-0.4, -0.2) is 12.2 Å². The van der Waals surface area contributed by atoms with Crippen molar-refractivity contribution in [1.82, 2.24) is 0 Å². The average Bonchev–Trinajstić information content (AvgIpc) is 2.44. The molecule has 1 aliphatic rings. The third-order valence-electron chi connectivity index (χ3n) is 3.38. The fraction of sp³-hybridized carbons (Fsp3) is 0.500. The smallest absolute Gasteiger partial charge is 0.122 e. The maximum atomic E-state index is 9.98. The highest BCUT2D eigenvalue weighted by Crippen LogP contribution is 2.48. The van der Waals surface area contributed by atoms with Crippen LogP contribution in [0.3, 0.4) is 0 Å². The van der Waals surface area contributed by atoms with E-state index in [0.717, 1.165) is 11.3 Å². The Balaban J connectivity index is 2.57. The van der Waals surface area contributed by atoms with Gasteiger partial charge in [0, 0.05) is 5.56 Å². The molecule has 1 aromatic rings. The van der Waals surface area contributed by atoms with Gasteiger partial charge in [-0.05, 0) is 23.5 Å². The molecule has 0 aromatic heterocycles. The molecule has 76 valence electrons. The van der Waals surface area contributed by atoms with Crippen LogP contribution in [0, 0.1) is 5.92 Å². The lowest BCUT2D eigenvalue weighted by atomic mass is 9.95. The van der Waals surface area contributed by atoms with Crippen LogP contribution in [0.2, 0.25) is 0 Å². The summed E-state index contributed by atoms with van der Waals surface area (Å²) in [6.07, 6.45) is -0.338. The number of fused-ring (bicyclic) bond motifs is 1. The van der Waals surface area contributed by atoms with Crippen molar-refractivity contribution in [2.75, 3.05) is 7.11 Å². The highest BCUT2D eigenvalue weighted by Gasteiger charge is 2.35. The second-order valence-electron chi connectivity index (χ2n) is 4.06. The van der Waals surface area contributed by atoms with Crippen LogP contribution < -0.4 is 4.74 Å². The van der Waals surface area contributed by atoms with E-state index in [1.807, 2.05) is 18.2 Å². The van der Waals surface area contributed by atoms with E-state index in [4.69, 9.17) is 4.74 Å². The summed E-state index contributed by atoms with van der Waals surface area (Å²) in [6, 6.07) is 5.88. The van der Waals surface area contributed by atoms with Gasteiger partial charge in [-0.15, -0.1) is 0 Å². The molecule has 2 rings (SSSR count). The lowest BCUT2D eigenvalue weighted by Crippen LogP contribution is -2.04. The van der Waals surface area contributed by atoms with E-state index < -0.39 is 0 Å². The second kappa shape index (κ2) is 3.28. The van der Waals surface area contributed by atoms with Crippen LogP contribution >= 0.6 is 0 Å². The fourth-order valence-corrected chi connectivity index (χ4v) is 2.30. The van der Waals surface area contributed by atoms with Crippen molar-refractivity contribution in [2.45, 2.75) is 25.9 Å². The maximum absolute atomic E-state index is 9.98. The number of aliphatic hydroxyl groups excluding tert-OH is 1. The van der Waals surface area contributed by atoms with Gasteiger partial charge in [0.2, 0.25) is 0 Å². The number of methoxy groups -OCH3 is 1. The third-order valence-corrected chi connectivity index (χ3v) is 3.38. The van der Waals surface area contributed by atoms with Gasteiger partial charge in [-0.25, -0.2) is 0 Å². The minimum Gasteiger partial charge on any atom is -0.496 e. The summed E-state index contributed by atoms with van der Waals surface area (Å²) in [7, 11) is 1.68. The van der Waals surface area contributed by atoms with E-state index in [2.05, 4.69) is 13.8 Å². The molecule has 3 atom stereocenters. The van der Waals surface area contributed by atoms with Crippen LogP contribution in [-0.2, 0) is 0 Å². The minimum atomic E-state index is -0.338. The number of hydrogen-bond donors (Lipinski definition) is 1. The van der Waals surface area contributed by atoms with Crippen molar-refractivity contribution in [3.05, 3.63) is 29.3 Å². The quantitative estimate of drug-likeness (QED) is 0.740. The van der Waals surface area contributed by atoms with E-state index >= 15 is 0 Å². The number of hydrogen-bond acceptors (Lipinski definition) is 2. The van der Waals surface area contributed by atoms with E-state index in [9.17, 15) is 5.11 Å². The van der Waals surface area contributed by atoms with Crippen molar-refractivity contribution < 1.29 is 9.84 Å². The first-order valence-corrected chi connectivity index (χ1v) is 5.01. The van der Waals surface area contributed by atoms with Gasteiger partial charge in [0.1, 0.15) is 5.75 Å². The molecule has 3 unspecified atom stereocenters. The molecular weight excluding hydrogens is 176 g/mol. The lowest BCUT2D eigenvalue weighted by molar-refractivity contribution is 0.123. The van der Waals surface area contributed by atoms with E-state index in [-0.39, 0.29) is 12.0 Å². The normalized spacial score (nSPS) is 30.1. The van der Waals surface area contributed by atoms with Crippen molar-refractivity contribution in [3.63, 3.8) is 0 Å². The summed E-state index contributed by atoms with van der Waals surface area (Å²) in [5.41, 5.74) is 2.21. The molecule has 14 heavy (non-hydrogen) atoms. The average molecular weight is 192 g/mol. The van der Waals surface area contributed by atoms with Gasteiger partial charge >= 0.3 is 0 Å². The number of benzene rings is 1. The molecular formula is C12H16O2. The van der Waals surface area contributed by atoms with Gasteiger partial charge in [0.05, 0.1) is 13.2 Å². The molecule has 0 fully saturated rings. The zero-order valence-electron chi connectivity index (χ0n) is 8.82. The molecule has 0 bridgehead atoms. The Morgan fingerprint density at radius 1 is 1.29 bits per heavy atom. The van der Waals surface area contributed by atoms with Gasteiger partial charge < -0.3 is 9.84 Å². The fourth-order valence-electron chi connectivity index (χ4n) is 2.30. The Hall–Kier alpha value is -1.02. The molecule has 0 radical (unpaired) electrons. The molecule has 0 spiro atoms. The molecule has 2 heteroatoms. The van der Waals surface area contributed by atoms with Gasteiger partial charge in [-0.3, -0.25) is 0 Å². The van der Waals surface area contributed by atoms with Crippen molar-refractivity contribution in [3.8, 4) is 5.75 Å². The minimum absolute atomic E-state index is 0.279. The molecule has 0 saturated carbocycles. The zero-order chi connectivity index (χ0) is 10.3. The molecule has 0 amide bonds. The SMILES string of the molecule is COc1cccc2c1C(C)C(C)C2O. The van der Waals surface area contributed by atoms with E-state index in [0.29, 0.717) is 5.92 Å². The molecule has 0 aliphatic heterocycles. The van der Waals surface area contributed by atoms with Crippen molar-refractivity contribution in [2.24, 2.45) is 5.92 Å². The highest BCUT2D eigenvalue weighted by molar-refractivity contribution is 5.47. The summed E-state index contributed by atoms with van der Waals surface area (Å²) in [5, 5.41) is 9.98. The van der Waals surface area contributed by atoms with Gasteiger partial charge in [-0.1, -0.05) is 26.0 Å². The lowest BCUT2D eigenvalue weighted by Gasteiger charge is -2.13. The molecule has 0 heterocycles. The number of ether oxygens (including phenoxy) is 1. The molecule has 2 nitrogen and oxygen atoms in total. The van der Waals surface area contributed by atoms with Gasteiger partial charge in [0.15, 0.2) is 0 Å². The predicted octanol–water partition coefficient (Wildman–Crippen LogP) is 2.48. The van der Waals surface area contributed by atoms with Crippen molar-refractivity contribution >= 4 is 0 Å². The van der Waals surface area contributed by atoms with Crippen LogP contribution in [0.15, 0.2) is 18.2 Å². The molecule has 1 N–H and O–H groups in total. The van der Waals surface area contributed by atoms with Crippen LogP contribution in [0.25, 0.3) is 0 Å². The Labute approximate surface area is 84.5 Å². The summed E-state index contributed by atoms with van der Waals surface area (Å²) in [6.45, 7) is 4.22.